The van der Waals surface area contributed by atoms with Crippen LogP contribution in [0.25, 0.3) is 22.4 Å². The average molecular weight is 500 g/mol. The summed E-state index contributed by atoms with van der Waals surface area (Å²) in [5.41, 5.74) is 3.27. The molecule has 0 fully saturated rings. The maximum atomic E-state index is 13.2. The summed E-state index contributed by atoms with van der Waals surface area (Å²) in [7, 11) is -1.67. The van der Waals surface area contributed by atoms with E-state index in [9.17, 15) is 13.2 Å². The van der Waals surface area contributed by atoms with Gasteiger partial charge in [-0.1, -0.05) is 35.3 Å². The van der Waals surface area contributed by atoms with Crippen LogP contribution < -0.4 is 5.32 Å². The lowest BCUT2D eigenvalue weighted by molar-refractivity contribution is 0.102. The van der Waals surface area contributed by atoms with Crippen LogP contribution in [0.1, 0.15) is 10.4 Å². The van der Waals surface area contributed by atoms with Crippen LogP contribution in [0.5, 0.6) is 0 Å². The lowest BCUT2D eigenvalue weighted by atomic mass is 9.99. The Hall–Kier alpha value is -3.13. The number of amides is 1. The van der Waals surface area contributed by atoms with E-state index >= 15 is 0 Å². The average Bonchev–Trinajstić information content (AvgIpc) is 3.20. The first kappa shape index (κ1) is 23.0. The van der Waals surface area contributed by atoms with Crippen molar-refractivity contribution in [2.45, 2.75) is 4.90 Å². The summed E-state index contributed by atoms with van der Waals surface area (Å²) in [6, 6.07) is 18.2. The molecule has 4 rings (SSSR count). The first-order valence-corrected chi connectivity index (χ1v) is 12.5. The van der Waals surface area contributed by atoms with Crippen molar-refractivity contribution in [1.82, 2.24) is 9.78 Å². The van der Waals surface area contributed by atoms with Crippen LogP contribution in [0.4, 0.5) is 5.69 Å². The Balaban J connectivity index is 1.74. The SMILES string of the molecule is Cn1ccc(-c2cc(NC(=O)c3ccc(S(C)(=O)=O)cc3-c3cccc(Cl)c3)ccc2Cl)n1. The van der Waals surface area contributed by atoms with Gasteiger partial charge in [0.2, 0.25) is 0 Å². The molecule has 0 saturated carbocycles. The van der Waals surface area contributed by atoms with Crippen LogP contribution in [-0.2, 0) is 16.9 Å². The third-order valence-corrected chi connectivity index (χ3v) is 6.69. The van der Waals surface area contributed by atoms with E-state index in [1.807, 2.05) is 6.07 Å². The fraction of sp³-hybridized carbons (Fsp3) is 0.0833. The first-order chi connectivity index (χ1) is 15.6. The Morgan fingerprint density at radius 3 is 2.42 bits per heavy atom. The van der Waals surface area contributed by atoms with Crippen LogP contribution >= 0.6 is 23.2 Å². The van der Waals surface area contributed by atoms with E-state index in [0.29, 0.717) is 43.7 Å². The fourth-order valence-corrected chi connectivity index (χ4v) is 4.46. The fourth-order valence-electron chi connectivity index (χ4n) is 3.40. The summed E-state index contributed by atoms with van der Waals surface area (Å²) in [5.74, 6) is -0.403. The van der Waals surface area contributed by atoms with Crippen LogP contribution in [-0.4, -0.2) is 30.4 Å². The van der Waals surface area contributed by atoms with Gasteiger partial charge in [-0.05, 0) is 65.7 Å². The summed E-state index contributed by atoms with van der Waals surface area (Å²) < 4.78 is 25.9. The van der Waals surface area contributed by atoms with Gasteiger partial charge in [-0.2, -0.15) is 5.10 Å². The van der Waals surface area contributed by atoms with Gasteiger partial charge in [0.05, 0.1) is 15.6 Å². The maximum absolute atomic E-state index is 13.2. The summed E-state index contributed by atoms with van der Waals surface area (Å²) >= 11 is 12.5. The number of anilines is 1. The van der Waals surface area contributed by atoms with Gasteiger partial charge in [0.1, 0.15) is 0 Å². The van der Waals surface area contributed by atoms with E-state index in [2.05, 4.69) is 10.4 Å². The number of halogens is 2. The second-order valence-electron chi connectivity index (χ2n) is 7.51. The molecule has 168 valence electrons. The number of aryl methyl sites for hydroxylation is 1. The van der Waals surface area contributed by atoms with Gasteiger partial charge in [0.25, 0.3) is 5.91 Å². The van der Waals surface area contributed by atoms with Crippen molar-refractivity contribution >= 4 is 44.6 Å². The number of aromatic nitrogens is 2. The molecular formula is C24H19Cl2N3O3S. The molecule has 4 aromatic rings. The van der Waals surface area contributed by atoms with Crippen LogP contribution in [0, 0.1) is 0 Å². The smallest absolute Gasteiger partial charge is 0.256 e. The molecule has 1 heterocycles. The van der Waals surface area contributed by atoms with Crippen molar-refractivity contribution in [3.63, 3.8) is 0 Å². The van der Waals surface area contributed by atoms with Gasteiger partial charge < -0.3 is 5.32 Å². The number of sulfone groups is 1. The molecule has 3 aromatic carbocycles. The lowest BCUT2D eigenvalue weighted by Crippen LogP contribution is -2.14. The van der Waals surface area contributed by atoms with Gasteiger partial charge in [-0.25, -0.2) is 8.42 Å². The number of nitrogens with one attached hydrogen (secondary N) is 1. The van der Waals surface area contributed by atoms with E-state index in [0.717, 1.165) is 6.26 Å². The highest BCUT2D eigenvalue weighted by Gasteiger charge is 2.18. The monoisotopic (exact) mass is 499 g/mol. The minimum Gasteiger partial charge on any atom is -0.322 e. The Bertz CT molecular complexity index is 1480. The van der Waals surface area contributed by atoms with E-state index < -0.39 is 15.7 Å². The third-order valence-electron chi connectivity index (χ3n) is 5.01. The first-order valence-electron chi connectivity index (χ1n) is 9.83. The number of hydrogen-bond acceptors (Lipinski definition) is 4. The molecule has 9 heteroatoms. The Labute approximate surface area is 201 Å². The Kier molecular flexibility index (Phi) is 6.30. The summed E-state index contributed by atoms with van der Waals surface area (Å²) in [5, 5.41) is 8.21. The van der Waals surface area contributed by atoms with Crippen molar-refractivity contribution in [3.8, 4) is 22.4 Å². The van der Waals surface area contributed by atoms with E-state index in [1.54, 1.807) is 60.4 Å². The minimum atomic E-state index is -3.47. The predicted octanol–water partition coefficient (Wildman–Crippen LogP) is 5.72. The van der Waals surface area contributed by atoms with Gasteiger partial charge in [0.15, 0.2) is 9.84 Å². The molecule has 6 nitrogen and oxygen atoms in total. The van der Waals surface area contributed by atoms with E-state index in [-0.39, 0.29) is 4.90 Å². The molecule has 33 heavy (non-hydrogen) atoms. The number of hydrogen-bond donors (Lipinski definition) is 1. The van der Waals surface area contributed by atoms with Crippen molar-refractivity contribution in [2.75, 3.05) is 11.6 Å². The van der Waals surface area contributed by atoms with Crippen LogP contribution in [0.15, 0.2) is 77.8 Å². The number of nitrogens with zero attached hydrogens (tertiary/aromatic N) is 2. The Morgan fingerprint density at radius 2 is 1.76 bits per heavy atom. The molecule has 0 atom stereocenters. The maximum Gasteiger partial charge on any atom is 0.256 e. The largest absolute Gasteiger partial charge is 0.322 e. The normalized spacial score (nSPS) is 11.4. The van der Waals surface area contributed by atoms with Crippen LogP contribution in [0.2, 0.25) is 10.0 Å². The molecule has 0 unspecified atom stereocenters. The highest BCUT2D eigenvalue weighted by molar-refractivity contribution is 7.90. The highest BCUT2D eigenvalue weighted by atomic mass is 35.5. The number of carbonyl (C=O) groups is 1. The molecule has 0 saturated heterocycles. The molecule has 1 aromatic heterocycles. The zero-order chi connectivity index (χ0) is 23.8. The minimum absolute atomic E-state index is 0.109. The zero-order valence-corrected chi connectivity index (χ0v) is 20.0. The van der Waals surface area contributed by atoms with Crippen molar-refractivity contribution in [1.29, 1.82) is 0 Å². The predicted molar refractivity (Wildman–Crippen MR) is 132 cm³/mol. The van der Waals surface area contributed by atoms with Crippen molar-refractivity contribution < 1.29 is 13.2 Å². The molecule has 0 bridgehead atoms. The quantitative estimate of drug-likeness (QED) is 0.380. The molecule has 0 spiro atoms. The summed E-state index contributed by atoms with van der Waals surface area (Å²) in [6.45, 7) is 0. The number of benzene rings is 3. The topological polar surface area (TPSA) is 81.1 Å². The van der Waals surface area contributed by atoms with Gasteiger partial charge in [-0.3, -0.25) is 9.48 Å². The van der Waals surface area contributed by atoms with Crippen molar-refractivity contribution in [3.05, 3.63) is 88.5 Å². The third kappa shape index (κ3) is 5.11. The molecule has 0 aliphatic carbocycles. The van der Waals surface area contributed by atoms with Gasteiger partial charge in [-0.15, -0.1) is 0 Å². The highest BCUT2D eigenvalue weighted by Crippen LogP contribution is 2.32. The second kappa shape index (κ2) is 9.02. The van der Waals surface area contributed by atoms with Crippen LogP contribution in [0.3, 0.4) is 0 Å². The molecule has 1 N–H and O–H groups in total. The number of rotatable bonds is 5. The standard InChI is InChI=1S/C24H19Cl2N3O3S/c1-29-11-10-23(28-29)21-13-17(6-9-22(21)26)27-24(30)19-8-7-18(33(2,31)32)14-20(19)15-4-3-5-16(25)12-15/h3-14H,1-2H3,(H,27,30). The van der Waals surface area contributed by atoms with E-state index in [4.69, 9.17) is 23.2 Å². The summed E-state index contributed by atoms with van der Waals surface area (Å²) in [6.07, 6.45) is 2.92. The van der Waals surface area contributed by atoms with Crippen molar-refractivity contribution in [2.24, 2.45) is 7.05 Å². The number of carbonyl (C=O) groups excluding carboxylic acids is 1. The molecular weight excluding hydrogens is 481 g/mol. The zero-order valence-electron chi connectivity index (χ0n) is 17.7. The van der Waals surface area contributed by atoms with Gasteiger partial charge >= 0.3 is 0 Å². The molecule has 0 aliphatic heterocycles. The molecule has 0 aliphatic rings. The molecule has 0 radical (unpaired) electrons. The summed E-state index contributed by atoms with van der Waals surface area (Å²) in [4.78, 5) is 13.4. The Morgan fingerprint density at radius 1 is 0.970 bits per heavy atom. The lowest BCUT2D eigenvalue weighted by Gasteiger charge is -2.13. The van der Waals surface area contributed by atoms with E-state index in [1.165, 1.54) is 18.2 Å². The van der Waals surface area contributed by atoms with Gasteiger partial charge in [0, 0.05) is 41.3 Å². The second-order valence-corrected chi connectivity index (χ2v) is 10.4. The molecule has 1 amide bonds.